The van der Waals surface area contributed by atoms with Crippen LogP contribution in [0.2, 0.25) is 5.02 Å². The SMILES string of the molecule is O=Cc1ccc2nc(Cc3cccc(Cl)c3)cn2c1. The van der Waals surface area contributed by atoms with E-state index >= 15 is 0 Å². The number of halogens is 1. The minimum absolute atomic E-state index is 0.638. The first-order chi connectivity index (χ1) is 9.24. The number of imidazole rings is 1. The van der Waals surface area contributed by atoms with Crippen molar-refractivity contribution < 1.29 is 4.79 Å². The molecule has 1 aromatic carbocycles. The van der Waals surface area contributed by atoms with Gasteiger partial charge in [0.05, 0.1) is 5.69 Å². The molecule has 0 radical (unpaired) electrons. The number of benzene rings is 1. The minimum atomic E-state index is 0.638. The van der Waals surface area contributed by atoms with Crippen molar-refractivity contribution in [2.24, 2.45) is 0 Å². The summed E-state index contributed by atoms with van der Waals surface area (Å²) in [7, 11) is 0. The van der Waals surface area contributed by atoms with Crippen molar-refractivity contribution in [3.8, 4) is 0 Å². The van der Waals surface area contributed by atoms with Crippen molar-refractivity contribution >= 4 is 23.5 Å². The highest BCUT2D eigenvalue weighted by molar-refractivity contribution is 6.30. The molecule has 0 spiro atoms. The van der Waals surface area contributed by atoms with Gasteiger partial charge in [-0.05, 0) is 29.8 Å². The Morgan fingerprint density at radius 3 is 2.89 bits per heavy atom. The van der Waals surface area contributed by atoms with Crippen LogP contribution in [-0.4, -0.2) is 15.7 Å². The van der Waals surface area contributed by atoms with Gasteiger partial charge in [-0.25, -0.2) is 4.98 Å². The maximum atomic E-state index is 10.7. The van der Waals surface area contributed by atoms with E-state index in [2.05, 4.69) is 4.98 Å². The van der Waals surface area contributed by atoms with Crippen LogP contribution in [-0.2, 0) is 6.42 Å². The first-order valence-electron chi connectivity index (χ1n) is 5.92. The van der Waals surface area contributed by atoms with E-state index in [4.69, 9.17) is 11.6 Å². The third-order valence-electron chi connectivity index (χ3n) is 2.93. The summed E-state index contributed by atoms with van der Waals surface area (Å²) in [6.45, 7) is 0. The highest BCUT2D eigenvalue weighted by atomic mass is 35.5. The molecule has 0 saturated heterocycles. The quantitative estimate of drug-likeness (QED) is 0.684. The van der Waals surface area contributed by atoms with Gasteiger partial charge in [-0.15, -0.1) is 0 Å². The number of rotatable bonds is 3. The lowest BCUT2D eigenvalue weighted by atomic mass is 10.1. The normalized spacial score (nSPS) is 10.8. The highest BCUT2D eigenvalue weighted by Crippen LogP contribution is 2.15. The standard InChI is InChI=1S/C15H11ClN2O/c16-13-3-1-2-11(6-13)7-14-9-18-8-12(10-19)4-5-15(18)17-14/h1-6,8-10H,7H2. The number of pyridine rings is 1. The number of nitrogens with zero attached hydrogens (tertiary/aromatic N) is 2. The largest absolute Gasteiger partial charge is 0.306 e. The van der Waals surface area contributed by atoms with Crippen LogP contribution in [0.3, 0.4) is 0 Å². The molecular weight excluding hydrogens is 260 g/mol. The van der Waals surface area contributed by atoms with Gasteiger partial charge >= 0.3 is 0 Å². The lowest BCUT2D eigenvalue weighted by Gasteiger charge is -1.97. The average Bonchev–Trinajstić information content (AvgIpc) is 2.79. The maximum absolute atomic E-state index is 10.7. The first kappa shape index (κ1) is 11.9. The van der Waals surface area contributed by atoms with E-state index in [-0.39, 0.29) is 0 Å². The number of aldehydes is 1. The lowest BCUT2D eigenvalue weighted by molar-refractivity contribution is 0.112. The van der Waals surface area contributed by atoms with Gasteiger partial charge in [0.1, 0.15) is 5.65 Å². The Balaban J connectivity index is 1.95. The predicted octanol–water partition coefficient (Wildman–Crippen LogP) is 3.39. The second-order valence-corrected chi connectivity index (χ2v) is 4.82. The van der Waals surface area contributed by atoms with Crippen molar-refractivity contribution in [3.05, 3.63) is 70.6 Å². The summed E-state index contributed by atoms with van der Waals surface area (Å²) in [6.07, 6.45) is 5.26. The van der Waals surface area contributed by atoms with Gasteiger partial charge in [-0.3, -0.25) is 4.79 Å². The van der Waals surface area contributed by atoms with Gasteiger partial charge in [-0.1, -0.05) is 23.7 Å². The number of carbonyl (C=O) groups excluding carboxylic acids is 1. The Hall–Kier alpha value is -2.13. The number of hydrogen-bond acceptors (Lipinski definition) is 2. The third-order valence-corrected chi connectivity index (χ3v) is 3.17. The molecule has 0 aliphatic carbocycles. The van der Waals surface area contributed by atoms with Crippen molar-refractivity contribution in [3.63, 3.8) is 0 Å². The van der Waals surface area contributed by atoms with E-state index in [9.17, 15) is 4.79 Å². The van der Waals surface area contributed by atoms with E-state index in [0.717, 1.165) is 34.6 Å². The van der Waals surface area contributed by atoms with E-state index in [1.807, 2.05) is 40.9 Å². The van der Waals surface area contributed by atoms with Crippen LogP contribution < -0.4 is 0 Å². The lowest BCUT2D eigenvalue weighted by Crippen LogP contribution is -1.87. The Labute approximate surface area is 115 Å². The number of carbonyl (C=O) groups is 1. The van der Waals surface area contributed by atoms with Crippen LogP contribution >= 0.6 is 11.6 Å². The molecule has 4 heteroatoms. The molecule has 3 nitrogen and oxygen atoms in total. The summed E-state index contributed by atoms with van der Waals surface area (Å²) in [5.41, 5.74) is 3.54. The summed E-state index contributed by atoms with van der Waals surface area (Å²) in [4.78, 5) is 15.3. The Kier molecular flexibility index (Phi) is 3.05. The fourth-order valence-electron chi connectivity index (χ4n) is 2.07. The summed E-state index contributed by atoms with van der Waals surface area (Å²) in [5, 5.41) is 0.726. The molecule has 0 amide bonds. The van der Waals surface area contributed by atoms with Crippen LogP contribution in [0.1, 0.15) is 21.6 Å². The van der Waals surface area contributed by atoms with Gasteiger partial charge < -0.3 is 4.40 Å². The van der Waals surface area contributed by atoms with E-state index in [1.165, 1.54) is 0 Å². The summed E-state index contributed by atoms with van der Waals surface area (Å²) in [6, 6.07) is 11.3. The molecule has 0 bridgehead atoms. The number of fused-ring (bicyclic) bond motifs is 1. The summed E-state index contributed by atoms with van der Waals surface area (Å²) >= 11 is 5.96. The van der Waals surface area contributed by atoms with Crippen LogP contribution in [0, 0.1) is 0 Å². The molecule has 94 valence electrons. The van der Waals surface area contributed by atoms with Gasteiger partial charge in [0.15, 0.2) is 6.29 Å². The van der Waals surface area contributed by atoms with Gasteiger partial charge in [0.25, 0.3) is 0 Å². The highest BCUT2D eigenvalue weighted by Gasteiger charge is 2.04. The summed E-state index contributed by atoms with van der Waals surface area (Å²) < 4.78 is 1.86. The molecule has 2 aromatic heterocycles. The Bertz CT molecular complexity index is 749. The predicted molar refractivity (Wildman–Crippen MR) is 74.8 cm³/mol. The van der Waals surface area contributed by atoms with Crippen molar-refractivity contribution in [1.29, 1.82) is 0 Å². The van der Waals surface area contributed by atoms with E-state index in [0.29, 0.717) is 5.56 Å². The fourth-order valence-corrected chi connectivity index (χ4v) is 2.29. The van der Waals surface area contributed by atoms with Crippen LogP contribution in [0.5, 0.6) is 0 Å². The molecular formula is C15H11ClN2O. The molecule has 0 atom stereocenters. The van der Waals surface area contributed by atoms with Crippen LogP contribution in [0.25, 0.3) is 5.65 Å². The topological polar surface area (TPSA) is 34.4 Å². The molecule has 3 aromatic rings. The maximum Gasteiger partial charge on any atom is 0.151 e. The molecule has 0 saturated carbocycles. The van der Waals surface area contributed by atoms with E-state index in [1.54, 1.807) is 12.3 Å². The average molecular weight is 271 g/mol. The van der Waals surface area contributed by atoms with Crippen molar-refractivity contribution in [1.82, 2.24) is 9.38 Å². The second-order valence-electron chi connectivity index (χ2n) is 4.38. The fraction of sp³-hybridized carbons (Fsp3) is 0.0667. The number of aromatic nitrogens is 2. The minimum Gasteiger partial charge on any atom is -0.306 e. The van der Waals surface area contributed by atoms with Crippen LogP contribution in [0.4, 0.5) is 0 Å². The van der Waals surface area contributed by atoms with Gasteiger partial charge in [0.2, 0.25) is 0 Å². The molecule has 0 unspecified atom stereocenters. The van der Waals surface area contributed by atoms with Crippen LogP contribution in [0.15, 0.2) is 48.8 Å². The van der Waals surface area contributed by atoms with Gasteiger partial charge in [-0.2, -0.15) is 0 Å². The number of hydrogen-bond donors (Lipinski definition) is 0. The molecule has 0 fully saturated rings. The Morgan fingerprint density at radius 1 is 1.21 bits per heavy atom. The zero-order valence-corrected chi connectivity index (χ0v) is 10.8. The van der Waals surface area contributed by atoms with Crippen molar-refractivity contribution in [2.75, 3.05) is 0 Å². The van der Waals surface area contributed by atoms with Gasteiger partial charge in [0, 0.05) is 29.4 Å². The monoisotopic (exact) mass is 270 g/mol. The van der Waals surface area contributed by atoms with E-state index < -0.39 is 0 Å². The zero-order valence-electron chi connectivity index (χ0n) is 10.1. The third kappa shape index (κ3) is 2.51. The van der Waals surface area contributed by atoms with Crippen molar-refractivity contribution in [2.45, 2.75) is 6.42 Å². The zero-order chi connectivity index (χ0) is 13.2. The molecule has 0 aliphatic heterocycles. The second kappa shape index (κ2) is 4.86. The molecule has 0 aliphatic rings. The summed E-state index contributed by atoms with van der Waals surface area (Å²) in [5.74, 6) is 0. The molecule has 2 heterocycles. The first-order valence-corrected chi connectivity index (χ1v) is 6.30. The smallest absolute Gasteiger partial charge is 0.151 e. The molecule has 19 heavy (non-hydrogen) atoms. The Morgan fingerprint density at radius 2 is 2.11 bits per heavy atom. The molecule has 0 N–H and O–H groups in total. The molecule has 3 rings (SSSR count).